The van der Waals surface area contributed by atoms with E-state index < -0.39 is 0 Å². The molecule has 2 aromatic carbocycles. The summed E-state index contributed by atoms with van der Waals surface area (Å²) in [5.74, 6) is -0.0857. The van der Waals surface area contributed by atoms with Gasteiger partial charge in [-0.3, -0.25) is 0 Å². The van der Waals surface area contributed by atoms with Crippen molar-refractivity contribution in [1.29, 1.82) is 0 Å². The molecule has 6 heteroatoms. The van der Waals surface area contributed by atoms with Crippen molar-refractivity contribution >= 4 is 23.3 Å². The largest absolute Gasteiger partial charge is 0.381 e. The van der Waals surface area contributed by atoms with Crippen LogP contribution in [-0.2, 0) is 6.54 Å². The van der Waals surface area contributed by atoms with Gasteiger partial charge in [0.05, 0.1) is 5.69 Å². The van der Waals surface area contributed by atoms with Crippen LogP contribution in [0, 0.1) is 0 Å². The van der Waals surface area contributed by atoms with Gasteiger partial charge in [0.2, 0.25) is 5.96 Å². The van der Waals surface area contributed by atoms with Gasteiger partial charge in [-0.2, -0.15) is 4.99 Å². The molecule has 0 atom stereocenters. The highest BCUT2D eigenvalue weighted by molar-refractivity contribution is 5.93. The van der Waals surface area contributed by atoms with Gasteiger partial charge in [0.1, 0.15) is 0 Å². The fraction of sp³-hybridized carbons (Fsp3) is 0.0667. The molecule has 0 unspecified atom stereocenters. The maximum absolute atomic E-state index is 5.57. The molecule has 2 aromatic rings. The van der Waals surface area contributed by atoms with Gasteiger partial charge in [-0.05, 0) is 29.8 Å². The number of benzene rings is 2. The summed E-state index contributed by atoms with van der Waals surface area (Å²) in [7, 11) is 0. The highest BCUT2D eigenvalue weighted by atomic mass is 15.1. The molecule has 0 spiro atoms. The lowest BCUT2D eigenvalue weighted by Crippen LogP contribution is -2.26. The van der Waals surface area contributed by atoms with Crippen LogP contribution in [0.25, 0.3) is 0 Å². The van der Waals surface area contributed by atoms with Crippen molar-refractivity contribution in [2.24, 2.45) is 27.2 Å². The van der Waals surface area contributed by atoms with Crippen LogP contribution < -0.4 is 22.5 Å². The molecular weight excluding hydrogens is 264 g/mol. The van der Waals surface area contributed by atoms with Crippen LogP contribution in [0.1, 0.15) is 5.56 Å². The Kier molecular flexibility index (Phi) is 4.76. The van der Waals surface area contributed by atoms with Crippen molar-refractivity contribution in [2.45, 2.75) is 6.54 Å². The van der Waals surface area contributed by atoms with E-state index in [4.69, 9.17) is 17.2 Å². The Morgan fingerprint density at radius 1 is 0.905 bits per heavy atom. The number of rotatable bonds is 4. The molecule has 108 valence electrons. The number of nitrogens with two attached hydrogens (primary N) is 3. The van der Waals surface area contributed by atoms with Crippen molar-refractivity contribution in [3.05, 3.63) is 60.2 Å². The Bertz CT molecular complexity index is 627. The molecule has 0 aliphatic heterocycles. The molecule has 0 radical (unpaired) electrons. The van der Waals surface area contributed by atoms with Crippen LogP contribution in [0.2, 0.25) is 0 Å². The minimum Gasteiger partial charge on any atom is -0.381 e. The fourth-order valence-corrected chi connectivity index (χ4v) is 1.74. The van der Waals surface area contributed by atoms with E-state index in [9.17, 15) is 0 Å². The molecule has 6 nitrogen and oxygen atoms in total. The first kappa shape index (κ1) is 14.4. The van der Waals surface area contributed by atoms with Gasteiger partial charge in [-0.1, -0.05) is 30.3 Å². The normalized spacial score (nSPS) is 11.0. The lowest BCUT2D eigenvalue weighted by atomic mass is 10.2. The molecule has 0 saturated carbocycles. The maximum atomic E-state index is 5.57. The van der Waals surface area contributed by atoms with Crippen LogP contribution in [-0.4, -0.2) is 11.9 Å². The van der Waals surface area contributed by atoms with Crippen molar-refractivity contribution in [1.82, 2.24) is 0 Å². The molecule has 0 aliphatic carbocycles. The summed E-state index contributed by atoms with van der Waals surface area (Å²) in [6.07, 6.45) is 0. The molecule has 0 heterocycles. The zero-order chi connectivity index (χ0) is 15.1. The smallest absolute Gasteiger partial charge is 0.223 e. The summed E-state index contributed by atoms with van der Waals surface area (Å²) in [6.45, 7) is 0.763. The van der Waals surface area contributed by atoms with E-state index in [0.29, 0.717) is 5.69 Å². The summed E-state index contributed by atoms with van der Waals surface area (Å²) in [4.78, 5) is 7.73. The first-order chi connectivity index (χ1) is 10.1. The third kappa shape index (κ3) is 4.87. The number of anilines is 1. The second-order valence-electron chi connectivity index (χ2n) is 4.39. The fourth-order valence-electron chi connectivity index (χ4n) is 1.74. The minimum absolute atomic E-state index is 0.0278. The predicted octanol–water partition coefficient (Wildman–Crippen LogP) is 1.52. The molecule has 0 saturated heterocycles. The number of nitrogens with zero attached hydrogens (tertiary/aromatic N) is 2. The standard InChI is InChI=1S/C15H18N6/c16-14(17)21-15(18)20-13-8-6-12(7-9-13)19-10-11-4-2-1-3-5-11/h1-9,19H,10H2,(H6,16,17,18,20,21). The zero-order valence-electron chi connectivity index (χ0n) is 11.5. The van der Waals surface area contributed by atoms with Gasteiger partial charge in [-0.15, -0.1) is 0 Å². The molecule has 0 aromatic heterocycles. The zero-order valence-corrected chi connectivity index (χ0v) is 11.5. The third-order valence-corrected chi connectivity index (χ3v) is 2.69. The molecule has 21 heavy (non-hydrogen) atoms. The van der Waals surface area contributed by atoms with Gasteiger partial charge in [0, 0.05) is 12.2 Å². The van der Waals surface area contributed by atoms with E-state index in [1.54, 1.807) is 0 Å². The predicted molar refractivity (Wildman–Crippen MR) is 87.3 cm³/mol. The molecular formula is C15H18N6. The van der Waals surface area contributed by atoms with E-state index in [0.717, 1.165) is 12.2 Å². The van der Waals surface area contributed by atoms with Gasteiger partial charge >= 0.3 is 0 Å². The molecule has 7 N–H and O–H groups in total. The van der Waals surface area contributed by atoms with Crippen LogP contribution >= 0.6 is 0 Å². The Hall–Kier alpha value is -3.02. The molecule has 0 bridgehead atoms. The van der Waals surface area contributed by atoms with Gasteiger partial charge < -0.3 is 22.5 Å². The van der Waals surface area contributed by atoms with E-state index in [-0.39, 0.29) is 11.9 Å². The summed E-state index contributed by atoms with van der Waals surface area (Å²) in [6, 6.07) is 17.7. The average molecular weight is 282 g/mol. The van der Waals surface area contributed by atoms with E-state index in [1.165, 1.54) is 5.56 Å². The van der Waals surface area contributed by atoms with Crippen LogP contribution in [0.5, 0.6) is 0 Å². The summed E-state index contributed by atoms with van der Waals surface area (Å²) in [5, 5.41) is 3.33. The summed E-state index contributed by atoms with van der Waals surface area (Å²) in [5.41, 5.74) is 18.9. The van der Waals surface area contributed by atoms with E-state index >= 15 is 0 Å². The quantitative estimate of drug-likeness (QED) is 0.502. The van der Waals surface area contributed by atoms with Crippen LogP contribution in [0.3, 0.4) is 0 Å². The van der Waals surface area contributed by atoms with Crippen molar-refractivity contribution in [2.75, 3.05) is 5.32 Å². The lowest BCUT2D eigenvalue weighted by molar-refractivity contribution is 1.15. The van der Waals surface area contributed by atoms with Gasteiger partial charge in [0.15, 0.2) is 5.96 Å². The first-order valence-corrected chi connectivity index (χ1v) is 6.45. The number of hydrogen-bond donors (Lipinski definition) is 4. The highest BCUT2D eigenvalue weighted by Gasteiger charge is 1.96. The molecule has 2 rings (SSSR count). The molecule has 0 aliphatic rings. The second kappa shape index (κ2) is 6.95. The topological polar surface area (TPSA) is 115 Å². The van der Waals surface area contributed by atoms with E-state index in [1.807, 2.05) is 42.5 Å². The van der Waals surface area contributed by atoms with Gasteiger partial charge in [0.25, 0.3) is 0 Å². The Balaban J connectivity index is 1.98. The molecule has 0 amide bonds. The number of guanidine groups is 2. The third-order valence-electron chi connectivity index (χ3n) is 2.69. The van der Waals surface area contributed by atoms with Crippen molar-refractivity contribution in [3.63, 3.8) is 0 Å². The SMILES string of the molecule is NC(N)=NC(N)=Nc1ccc(NCc2ccccc2)cc1. The summed E-state index contributed by atoms with van der Waals surface area (Å²) >= 11 is 0. The maximum Gasteiger partial charge on any atom is 0.223 e. The Morgan fingerprint density at radius 2 is 1.57 bits per heavy atom. The van der Waals surface area contributed by atoms with Crippen LogP contribution in [0.15, 0.2) is 64.6 Å². The average Bonchev–Trinajstić information content (AvgIpc) is 2.47. The van der Waals surface area contributed by atoms with Gasteiger partial charge in [-0.25, -0.2) is 4.99 Å². The monoisotopic (exact) mass is 282 g/mol. The Morgan fingerprint density at radius 3 is 2.19 bits per heavy atom. The first-order valence-electron chi connectivity index (χ1n) is 6.45. The summed E-state index contributed by atoms with van der Waals surface area (Å²) < 4.78 is 0. The number of hydrogen-bond acceptors (Lipinski definition) is 2. The van der Waals surface area contributed by atoms with E-state index in [2.05, 4.69) is 27.4 Å². The second-order valence-corrected chi connectivity index (χ2v) is 4.39. The minimum atomic E-state index is -0.114. The Labute approximate surface area is 123 Å². The number of nitrogens with one attached hydrogen (secondary N) is 1. The highest BCUT2D eigenvalue weighted by Crippen LogP contribution is 2.17. The van der Waals surface area contributed by atoms with Crippen molar-refractivity contribution < 1.29 is 0 Å². The lowest BCUT2D eigenvalue weighted by Gasteiger charge is -2.06. The van der Waals surface area contributed by atoms with Crippen molar-refractivity contribution in [3.8, 4) is 0 Å². The molecule has 0 fully saturated rings. The van der Waals surface area contributed by atoms with Crippen LogP contribution in [0.4, 0.5) is 11.4 Å². The number of aliphatic imine (C=N–C) groups is 2.